The fraction of sp³-hybridized carbons (Fsp3) is 0.333. The molecule has 0 spiro atoms. The van der Waals surface area contributed by atoms with Gasteiger partial charge in [-0.2, -0.15) is 0 Å². The molecule has 0 fully saturated rings. The molecular formula is C24H31N5O2. The predicted molar refractivity (Wildman–Crippen MR) is 124 cm³/mol. The van der Waals surface area contributed by atoms with Crippen LogP contribution >= 0.6 is 0 Å². The second kappa shape index (κ2) is 11.1. The summed E-state index contributed by atoms with van der Waals surface area (Å²) < 4.78 is 12.8. The third-order valence-corrected chi connectivity index (χ3v) is 5.11. The summed E-state index contributed by atoms with van der Waals surface area (Å²) in [6, 6.07) is 14.5. The molecule has 1 heterocycles. The summed E-state index contributed by atoms with van der Waals surface area (Å²) in [7, 11) is 5.07. The van der Waals surface area contributed by atoms with E-state index < -0.39 is 0 Å². The first-order chi connectivity index (χ1) is 15.1. The van der Waals surface area contributed by atoms with E-state index >= 15 is 0 Å². The highest BCUT2D eigenvalue weighted by atomic mass is 16.5. The zero-order valence-corrected chi connectivity index (χ0v) is 18.7. The fourth-order valence-electron chi connectivity index (χ4n) is 3.37. The van der Waals surface area contributed by atoms with Gasteiger partial charge in [-0.15, -0.1) is 0 Å². The molecule has 164 valence electrons. The third kappa shape index (κ3) is 6.25. The summed E-state index contributed by atoms with van der Waals surface area (Å²) in [5.74, 6) is 3.27. The van der Waals surface area contributed by atoms with Gasteiger partial charge in [0, 0.05) is 39.1 Å². The molecule has 0 aliphatic carbocycles. The van der Waals surface area contributed by atoms with Gasteiger partial charge in [-0.3, -0.25) is 4.99 Å². The number of guanidine groups is 1. The van der Waals surface area contributed by atoms with E-state index in [0.29, 0.717) is 6.54 Å². The summed E-state index contributed by atoms with van der Waals surface area (Å²) >= 11 is 0. The Labute approximate surface area is 184 Å². The minimum Gasteiger partial charge on any atom is -0.493 e. The van der Waals surface area contributed by atoms with Gasteiger partial charge >= 0.3 is 0 Å². The highest BCUT2D eigenvalue weighted by molar-refractivity contribution is 5.79. The maximum Gasteiger partial charge on any atom is 0.191 e. The Balaban J connectivity index is 1.49. The molecule has 0 unspecified atom stereocenters. The third-order valence-electron chi connectivity index (χ3n) is 5.11. The topological polar surface area (TPSA) is 72.7 Å². The largest absolute Gasteiger partial charge is 0.493 e. The van der Waals surface area contributed by atoms with Crippen molar-refractivity contribution in [1.29, 1.82) is 0 Å². The van der Waals surface area contributed by atoms with Crippen LogP contribution < -0.4 is 20.1 Å². The first kappa shape index (κ1) is 22.2. The van der Waals surface area contributed by atoms with E-state index in [1.165, 1.54) is 16.7 Å². The Morgan fingerprint density at radius 2 is 1.81 bits per heavy atom. The van der Waals surface area contributed by atoms with Crippen molar-refractivity contribution < 1.29 is 9.47 Å². The summed E-state index contributed by atoms with van der Waals surface area (Å²) in [6.07, 6.45) is 4.68. The molecule has 1 aromatic heterocycles. The zero-order chi connectivity index (χ0) is 22.1. The first-order valence-corrected chi connectivity index (χ1v) is 10.3. The lowest BCUT2D eigenvalue weighted by Gasteiger charge is -2.14. The van der Waals surface area contributed by atoms with Gasteiger partial charge in [0.05, 0.1) is 14.2 Å². The molecule has 0 saturated carbocycles. The summed E-state index contributed by atoms with van der Waals surface area (Å²) in [4.78, 5) is 8.62. The quantitative estimate of drug-likeness (QED) is 0.410. The van der Waals surface area contributed by atoms with Gasteiger partial charge in [0.25, 0.3) is 0 Å². The van der Waals surface area contributed by atoms with Crippen LogP contribution in [0, 0.1) is 6.92 Å². The number of nitrogens with zero attached hydrogens (tertiary/aromatic N) is 3. The van der Waals surface area contributed by atoms with Gasteiger partial charge in [0.15, 0.2) is 17.5 Å². The highest BCUT2D eigenvalue weighted by Gasteiger charge is 2.05. The van der Waals surface area contributed by atoms with E-state index in [0.717, 1.165) is 42.8 Å². The second-order valence-electron chi connectivity index (χ2n) is 7.21. The van der Waals surface area contributed by atoms with E-state index in [-0.39, 0.29) is 0 Å². The second-order valence-corrected chi connectivity index (χ2v) is 7.21. The number of ether oxygens (including phenoxy) is 2. The van der Waals surface area contributed by atoms with Crippen LogP contribution in [-0.2, 0) is 19.5 Å². The minimum atomic E-state index is 0.701. The Morgan fingerprint density at radius 3 is 2.52 bits per heavy atom. The molecule has 7 nitrogen and oxygen atoms in total. The van der Waals surface area contributed by atoms with Crippen molar-refractivity contribution >= 4 is 5.96 Å². The van der Waals surface area contributed by atoms with E-state index in [2.05, 4.69) is 49.4 Å². The Morgan fingerprint density at radius 1 is 1.00 bits per heavy atom. The number of rotatable bonds is 9. The average molecular weight is 422 g/mol. The van der Waals surface area contributed by atoms with Gasteiger partial charge in [-0.25, -0.2) is 4.98 Å². The molecular weight excluding hydrogens is 390 g/mol. The molecule has 0 aliphatic heterocycles. The number of hydrogen-bond donors (Lipinski definition) is 2. The van der Waals surface area contributed by atoms with E-state index in [4.69, 9.17) is 9.47 Å². The smallest absolute Gasteiger partial charge is 0.191 e. The molecule has 3 aromatic rings. The van der Waals surface area contributed by atoms with Gasteiger partial charge in [0.1, 0.15) is 5.82 Å². The fourth-order valence-corrected chi connectivity index (χ4v) is 3.37. The zero-order valence-electron chi connectivity index (χ0n) is 18.7. The molecule has 2 aromatic carbocycles. The molecule has 0 amide bonds. The van der Waals surface area contributed by atoms with Crippen LogP contribution in [0.2, 0.25) is 0 Å². The van der Waals surface area contributed by atoms with Gasteiger partial charge in [-0.05, 0) is 42.2 Å². The SMILES string of the molecule is CN=C(NCCc1ccc(OC)c(OC)c1)NCc1cccc(Cn2ccnc2C)c1. The Kier molecular flexibility index (Phi) is 7.92. The molecule has 0 radical (unpaired) electrons. The van der Waals surface area contributed by atoms with Gasteiger partial charge in [-0.1, -0.05) is 30.3 Å². The molecule has 0 aliphatic rings. The van der Waals surface area contributed by atoms with Crippen molar-refractivity contribution in [2.75, 3.05) is 27.8 Å². The number of nitrogens with one attached hydrogen (secondary N) is 2. The molecule has 0 saturated heterocycles. The molecule has 31 heavy (non-hydrogen) atoms. The molecule has 3 rings (SSSR count). The standard InChI is InChI=1S/C24H31N5O2/c1-18-26-12-13-29(18)17-21-7-5-6-20(14-21)16-28-24(25-2)27-11-10-19-8-9-22(30-3)23(15-19)31-4/h5-9,12-15H,10-11,16-17H2,1-4H3,(H2,25,27,28). The number of aryl methyl sites for hydroxylation is 1. The van der Waals surface area contributed by atoms with Crippen LogP contribution in [0.4, 0.5) is 0 Å². The van der Waals surface area contributed by atoms with Crippen LogP contribution in [0.25, 0.3) is 0 Å². The monoisotopic (exact) mass is 421 g/mol. The Hall–Kier alpha value is -3.48. The van der Waals surface area contributed by atoms with Crippen LogP contribution in [0.15, 0.2) is 59.9 Å². The van der Waals surface area contributed by atoms with Crippen molar-refractivity contribution in [3.63, 3.8) is 0 Å². The number of hydrogen-bond acceptors (Lipinski definition) is 4. The summed E-state index contributed by atoms with van der Waals surface area (Å²) in [5.41, 5.74) is 3.62. The molecule has 2 N–H and O–H groups in total. The minimum absolute atomic E-state index is 0.701. The Bertz CT molecular complexity index is 1010. The van der Waals surface area contributed by atoms with Crippen LogP contribution in [0.5, 0.6) is 11.5 Å². The number of imidazole rings is 1. The number of aliphatic imine (C=N–C) groups is 1. The summed E-state index contributed by atoms with van der Waals surface area (Å²) in [5, 5.41) is 6.75. The lowest BCUT2D eigenvalue weighted by molar-refractivity contribution is 0.354. The van der Waals surface area contributed by atoms with Gasteiger partial charge < -0.3 is 24.7 Å². The van der Waals surface area contributed by atoms with Crippen molar-refractivity contribution in [1.82, 2.24) is 20.2 Å². The van der Waals surface area contributed by atoms with Crippen molar-refractivity contribution in [3.8, 4) is 11.5 Å². The maximum atomic E-state index is 5.38. The van der Waals surface area contributed by atoms with Crippen molar-refractivity contribution in [2.45, 2.75) is 26.4 Å². The van der Waals surface area contributed by atoms with Crippen LogP contribution in [0.1, 0.15) is 22.5 Å². The maximum absolute atomic E-state index is 5.38. The number of aromatic nitrogens is 2. The lowest BCUT2D eigenvalue weighted by atomic mass is 10.1. The van der Waals surface area contributed by atoms with E-state index in [1.807, 2.05) is 37.5 Å². The van der Waals surface area contributed by atoms with E-state index in [1.54, 1.807) is 21.3 Å². The van der Waals surface area contributed by atoms with Crippen LogP contribution in [0.3, 0.4) is 0 Å². The lowest BCUT2D eigenvalue weighted by Crippen LogP contribution is -2.37. The van der Waals surface area contributed by atoms with Crippen molar-refractivity contribution in [2.24, 2.45) is 4.99 Å². The highest BCUT2D eigenvalue weighted by Crippen LogP contribution is 2.27. The van der Waals surface area contributed by atoms with Gasteiger partial charge in [0.2, 0.25) is 0 Å². The number of benzene rings is 2. The van der Waals surface area contributed by atoms with Crippen LogP contribution in [-0.4, -0.2) is 43.3 Å². The summed E-state index contributed by atoms with van der Waals surface area (Å²) in [6.45, 7) is 4.29. The van der Waals surface area contributed by atoms with Crippen molar-refractivity contribution in [3.05, 3.63) is 77.4 Å². The molecule has 0 atom stereocenters. The predicted octanol–water partition coefficient (Wildman–Crippen LogP) is 3.16. The van der Waals surface area contributed by atoms with E-state index in [9.17, 15) is 0 Å². The first-order valence-electron chi connectivity index (χ1n) is 10.3. The molecule has 0 bridgehead atoms. The normalized spacial score (nSPS) is 11.3. The average Bonchev–Trinajstić information content (AvgIpc) is 3.20. The molecule has 7 heteroatoms. The number of methoxy groups -OCH3 is 2.